The number of anilines is 2. The third kappa shape index (κ3) is 6.82. The third-order valence-electron chi connectivity index (χ3n) is 6.45. The highest BCUT2D eigenvalue weighted by Crippen LogP contribution is 2.35. The van der Waals surface area contributed by atoms with E-state index in [0.29, 0.717) is 58.7 Å². The van der Waals surface area contributed by atoms with Gasteiger partial charge in [0.1, 0.15) is 18.0 Å². The summed E-state index contributed by atoms with van der Waals surface area (Å²) in [7, 11) is 1.56. The summed E-state index contributed by atoms with van der Waals surface area (Å²) in [6.45, 7) is 6.20. The first-order chi connectivity index (χ1) is 19.3. The summed E-state index contributed by atoms with van der Waals surface area (Å²) in [5.74, 6) is 0.433. The molecule has 1 atom stereocenters. The van der Waals surface area contributed by atoms with Gasteiger partial charge in [0.05, 0.1) is 37.7 Å². The highest BCUT2D eigenvalue weighted by atomic mass is 19.1. The van der Waals surface area contributed by atoms with E-state index in [1.807, 2.05) is 0 Å². The number of fused-ring (bicyclic) bond motifs is 1. The number of methoxy groups -OCH3 is 1. The van der Waals surface area contributed by atoms with Crippen molar-refractivity contribution in [3.05, 3.63) is 66.5 Å². The van der Waals surface area contributed by atoms with Crippen LogP contribution in [-0.4, -0.2) is 75.1 Å². The molecule has 0 saturated carbocycles. The van der Waals surface area contributed by atoms with Gasteiger partial charge in [-0.05, 0) is 44.0 Å². The zero-order valence-corrected chi connectivity index (χ0v) is 22.7. The first-order valence-corrected chi connectivity index (χ1v) is 13.0. The van der Waals surface area contributed by atoms with Gasteiger partial charge in [0.25, 0.3) is 0 Å². The van der Waals surface area contributed by atoms with Crippen LogP contribution in [0.3, 0.4) is 0 Å². The zero-order chi connectivity index (χ0) is 28.6. The van der Waals surface area contributed by atoms with E-state index in [1.165, 1.54) is 35.4 Å². The minimum atomic E-state index is -0.982. The molecule has 2 aromatic heterocycles. The highest BCUT2D eigenvalue weighted by molar-refractivity contribution is 5.93. The van der Waals surface area contributed by atoms with Crippen molar-refractivity contribution in [1.82, 2.24) is 24.6 Å². The molecule has 0 bridgehead atoms. The maximum atomic E-state index is 13.8. The molecule has 40 heavy (non-hydrogen) atoms. The Kier molecular flexibility index (Phi) is 9.46. The fourth-order valence-corrected chi connectivity index (χ4v) is 4.45. The molecule has 1 amide bonds. The Morgan fingerprint density at radius 2 is 2.02 bits per heavy atom. The lowest BCUT2D eigenvalue weighted by Crippen LogP contribution is -2.34. The molecule has 0 spiro atoms. The standard InChI is InChI=1S/C28H34FN7O4/c1-18(2)35(9-10-37)8-5-11-40-25-14-23-22(13-24(25)39-3)28(32-17-31-23)34-21-15-33-36(16-21)26(27(30)38)19-6-4-7-20(29)12-19/h4,6-7,12-18,26,37H,5,8-11H2,1-3H3,(H2,30,38)(H,31,32,34). The number of aliphatic hydroxyl groups excluding tert-OH is 1. The number of aromatic nitrogens is 4. The van der Waals surface area contributed by atoms with Gasteiger partial charge in [-0.3, -0.25) is 14.4 Å². The van der Waals surface area contributed by atoms with E-state index in [2.05, 4.69) is 39.1 Å². The molecular formula is C28H34FN7O4. The van der Waals surface area contributed by atoms with E-state index < -0.39 is 17.8 Å². The summed E-state index contributed by atoms with van der Waals surface area (Å²) >= 11 is 0. The van der Waals surface area contributed by atoms with Crippen LogP contribution >= 0.6 is 0 Å². The van der Waals surface area contributed by atoms with Gasteiger partial charge in [0.2, 0.25) is 5.91 Å². The number of aliphatic hydroxyl groups is 1. The van der Waals surface area contributed by atoms with Gasteiger partial charge in [-0.2, -0.15) is 5.10 Å². The first-order valence-electron chi connectivity index (χ1n) is 13.0. The van der Waals surface area contributed by atoms with Gasteiger partial charge in [0, 0.05) is 36.8 Å². The number of benzene rings is 2. The van der Waals surface area contributed by atoms with Crippen molar-refractivity contribution >= 4 is 28.3 Å². The molecule has 4 aromatic rings. The quantitative estimate of drug-likeness (QED) is 0.201. The number of hydrogen-bond acceptors (Lipinski definition) is 9. The Morgan fingerprint density at radius 1 is 1.20 bits per heavy atom. The second kappa shape index (κ2) is 13.2. The molecule has 4 rings (SSSR count). The van der Waals surface area contributed by atoms with Gasteiger partial charge in [0.15, 0.2) is 17.5 Å². The number of nitrogens with one attached hydrogen (secondary N) is 1. The fraction of sp³-hybridized carbons (Fsp3) is 0.357. The maximum absolute atomic E-state index is 13.8. The lowest BCUT2D eigenvalue weighted by Gasteiger charge is -2.25. The predicted molar refractivity (Wildman–Crippen MR) is 149 cm³/mol. The third-order valence-corrected chi connectivity index (χ3v) is 6.45. The molecule has 0 radical (unpaired) electrons. The lowest BCUT2D eigenvalue weighted by molar-refractivity contribution is -0.120. The van der Waals surface area contributed by atoms with Crippen LogP contribution in [0.15, 0.2) is 55.1 Å². The van der Waals surface area contributed by atoms with E-state index in [1.54, 1.807) is 31.5 Å². The van der Waals surface area contributed by atoms with Crippen LogP contribution in [-0.2, 0) is 4.79 Å². The minimum absolute atomic E-state index is 0.118. The summed E-state index contributed by atoms with van der Waals surface area (Å²) < 4.78 is 26.8. The normalized spacial score (nSPS) is 12.2. The molecule has 0 aliphatic rings. The molecule has 0 aliphatic carbocycles. The molecule has 0 aliphatic heterocycles. The van der Waals surface area contributed by atoms with E-state index in [4.69, 9.17) is 15.2 Å². The summed E-state index contributed by atoms with van der Waals surface area (Å²) in [4.78, 5) is 23.2. The molecule has 0 saturated heterocycles. The fourth-order valence-electron chi connectivity index (χ4n) is 4.45. The van der Waals surface area contributed by atoms with Crippen molar-refractivity contribution in [1.29, 1.82) is 0 Å². The van der Waals surface area contributed by atoms with Crippen molar-refractivity contribution < 1.29 is 23.8 Å². The average Bonchev–Trinajstić information content (AvgIpc) is 3.37. The monoisotopic (exact) mass is 551 g/mol. The average molecular weight is 552 g/mol. The first kappa shape index (κ1) is 28.7. The van der Waals surface area contributed by atoms with Crippen molar-refractivity contribution in [2.45, 2.75) is 32.4 Å². The number of amides is 1. The van der Waals surface area contributed by atoms with Crippen molar-refractivity contribution in [2.24, 2.45) is 5.73 Å². The molecule has 12 heteroatoms. The highest BCUT2D eigenvalue weighted by Gasteiger charge is 2.22. The molecular weight excluding hydrogens is 517 g/mol. The van der Waals surface area contributed by atoms with Gasteiger partial charge in [-0.1, -0.05) is 12.1 Å². The number of hydrogen-bond donors (Lipinski definition) is 3. The predicted octanol–water partition coefficient (Wildman–Crippen LogP) is 3.26. The Bertz CT molecular complexity index is 1450. The number of rotatable bonds is 14. The summed E-state index contributed by atoms with van der Waals surface area (Å²) in [5.41, 5.74) is 7.18. The van der Waals surface area contributed by atoms with Crippen molar-refractivity contribution in [3.8, 4) is 11.5 Å². The second-order valence-corrected chi connectivity index (χ2v) is 9.49. The number of nitrogens with two attached hydrogens (primary N) is 1. The van der Waals surface area contributed by atoms with Crippen LogP contribution in [0, 0.1) is 5.82 Å². The molecule has 11 nitrogen and oxygen atoms in total. The van der Waals surface area contributed by atoms with Crippen LogP contribution < -0.4 is 20.5 Å². The number of carbonyl (C=O) groups is 1. The van der Waals surface area contributed by atoms with Crippen LogP contribution in [0.25, 0.3) is 10.9 Å². The van der Waals surface area contributed by atoms with E-state index >= 15 is 0 Å². The second-order valence-electron chi connectivity index (χ2n) is 9.49. The van der Waals surface area contributed by atoms with Crippen LogP contribution in [0.2, 0.25) is 0 Å². The molecule has 4 N–H and O–H groups in total. The van der Waals surface area contributed by atoms with Gasteiger partial charge in [-0.15, -0.1) is 0 Å². The summed E-state index contributed by atoms with van der Waals surface area (Å²) in [5, 5.41) is 17.4. The number of nitrogens with zero attached hydrogens (tertiary/aromatic N) is 5. The number of ether oxygens (including phenoxy) is 2. The van der Waals surface area contributed by atoms with Crippen molar-refractivity contribution in [2.75, 3.05) is 38.7 Å². The number of carbonyl (C=O) groups excluding carboxylic acids is 1. The largest absolute Gasteiger partial charge is 0.493 e. The Hall–Kier alpha value is -4.29. The van der Waals surface area contributed by atoms with Crippen molar-refractivity contribution in [3.63, 3.8) is 0 Å². The Balaban J connectivity index is 1.51. The topological polar surface area (TPSA) is 141 Å². The lowest BCUT2D eigenvalue weighted by atomic mass is 10.1. The van der Waals surface area contributed by atoms with Gasteiger partial charge in [-0.25, -0.2) is 14.4 Å². The molecule has 2 aromatic carbocycles. The van der Waals surface area contributed by atoms with Crippen LogP contribution in [0.1, 0.15) is 31.9 Å². The van der Waals surface area contributed by atoms with Gasteiger partial charge >= 0.3 is 0 Å². The van der Waals surface area contributed by atoms with E-state index in [-0.39, 0.29) is 6.61 Å². The van der Waals surface area contributed by atoms with E-state index in [9.17, 15) is 14.3 Å². The number of primary amides is 1. The summed E-state index contributed by atoms with van der Waals surface area (Å²) in [6, 6.07) is 8.62. The molecule has 1 unspecified atom stereocenters. The summed E-state index contributed by atoms with van der Waals surface area (Å²) in [6.07, 6.45) is 5.33. The zero-order valence-electron chi connectivity index (χ0n) is 22.7. The van der Waals surface area contributed by atoms with Gasteiger partial charge < -0.3 is 25.6 Å². The van der Waals surface area contributed by atoms with Crippen LogP contribution in [0.4, 0.5) is 15.9 Å². The molecule has 0 fully saturated rings. The van der Waals surface area contributed by atoms with E-state index in [0.717, 1.165) is 13.0 Å². The molecule has 2 heterocycles. The maximum Gasteiger partial charge on any atom is 0.246 e. The smallest absolute Gasteiger partial charge is 0.246 e. The molecule has 212 valence electrons. The Labute approximate surface area is 231 Å². The Morgan fingerprint density at radius 3 is 2.73 bits per heavy atom. The minimum Gasteiger partial charge on any atom is -0.493 e. The van der Waals surface area contributed by atoms with Crippen LogP contribution in [0.5, 0.6) is 11.5 Å². The number of halogens is 1. The SMILES string of the molecule is COc1cc2c(Nc3cnn(C(C(N)=O)c4cccc(F)c4)c3)ncnc2cc1OCCCN(CCO)C(C)C.